The number of amides is 1. The van der Waals surface area contributed by atoms with E-state index in [9.17, 15) is 4.79 Å². The molecule has 1 fully saturated rings. The van der Waals surface area contributed by atoms with E-state index in [1.807, 2.05) is 18.2 Å². The molecule has 146 valence electrons. The smallest absolute Gasteiger partial charge is 0.242 e. The highest BCUT2D eigenvalue weighted by molar-refractivity contribution is 5.85. The highest BCUT2D eigenvalue weighted by atomic mass is 35.5. The van der Waals surface area contributed by atoms with Crippen molar-refractivity contribution in [3.05, 3.63) is 47.5 Å². The van der Waals surface area contributed by atoms with Crippen LogP contribution < -0.4 is 10.6 Å². The van der Waals surface area contributed by atoms with E-state index < -0.39 is 0 Å². The standard InChI is InChI=1S/C19H28N4O.2ClH/c1-22-11-13-23(14-12-22)18(17-5-3-2-4-6-17)19(24)21-15-16-7-9-20-10-8-16;;/h2-7,18,20H,8-15H2,1H3,(H,21,24);2*1H. The molecule has 0 saturated carbocycles. The van der Waals surface area contributed by atoms with Gasteiger partial charge in [0.05, 0.1) is 0 Å². The SMILES string of the molecule is CN1CCN(C(C(=O)NCC2=CCNCC2)c2ccccc2)CC1.Cl.Cl. The predicted octanol–water partition coefficient (Wildman–Crippen LogP) is 1.85. The van der Waals surface area contributed by atoms with Gasteiger partial charge in [-0.15, -0.1) is 24.8 Å². The van der Waals surface area contributed by atoms with Gasteiger partial charge < -0.3 is 15.5 Å². The molecule has 7 heteroatoms. The lowest BCUT2D eigenvalue weighted by molar-refractivity contribution is -0.127. The third-order valence-electron chi connectivity index (χ3n) is 4.91. The Labute approximate surface area is 169 Å². The minimum atomic E-state index is -0.192. The van der Waals surface area contributed by atoms with Gasteiger partial charge in [-0.1, -0.05) is 42.0 Å². The number of hydrogen-bond acceptors (Lipinski definition) is 4. The van der Waals surface area contributed by atoms with Gasteiger partial charge in [-0.3, -0.25) is 9.69 Å². The summed E-state index contributed by atoms with van der Waals surface area (Å²) in [6, 6.07) is 9.96. The Bertz CT molecular complexity index is 574. The quantitative estimate of drug-likeness (QED) is 0.740. The van der Waals surface area contributed by atoms with Crippen LogP contribution in [0.15, 0.2) is 42.0 Å². The first-order chi connectivity index (χ1) is 11.7. The van der Waals surface area contributed by atoms with Crippen molar-refractivity contribution in [3.63, 3.8) is 0 Å². The summed E-state index contributed by atoms with van der Waals surface area (Å²) < 4.78 is 0. The van der Waals surface area contributed by atoms with Crippen LogP contribution in [0.4, 0.5) is 0 Å². The van der Waals surface area contributed by atoms with E-state index >= 15 is 0 Å². The molecule has 1 unspecified atom stereocenters. The van der Waals surface area contributed by atoms with Gasteiger partial charge >= 0.3 is 0 Å². The number of nitrogens with zero attached hydrogens (tertiary/aromatic N) is 2. The van der Waals surface area contributed by atoms with Crippen molar-refractivity contribution >= 4 is 30.7 Å². The van der Waals surface area contributed by atoms with E-state index in [4.69, 9.17) is 0 Å². The zero-order chi connectivity index (χ0) is 16.8. The largest absolute Gasteiger partial charge is 0.351 e. The number of benzene rings is 1. The van der Waals surface area contributed by atoms with Gasteiger partial charge in [0.15, 0.2) is 0 Å². The van der Waals surface area contributed by atoms with Crippen molar-refractivity contribution in [1.82, 2.24) is 20.4 Å². The average molecular weight is 401 g/mol. The first-order valence-electron chi connectivity index (χ1n) is 8.88. The highest BCUT2D eigenvalue weighted by Gasteiger charge is 2.29. The van der Waals surface area contributed by atoms with Gasteiger partial charge in [0, 0.05) is 39.3 Å². The van der Waals surface area contributed by atoms with E-state index in [0.29, 0.717) is 6.54 Å². The monoisotopic (exact) mass is 400 g/mol. The van der Waals surface area contributed by atoms with Crippen molar-refractivity contribution in [2.75, 3.05) is 52.9 Å². The molecule has 1 amide bonds. The first kappa shape index (κ1) is 22.9. The van der Waals surface area contributed by atoms with Crippen molar-refractivity contribution in [1.29, 1.82) is 0 Å². The average Bonchev–Trinajstić information content (AvgIpc) is 2.64. The van der Waals surface area contributed by atoms with Crippen LogP contribution >= 0.6 is 24.8 Å². The van der Waals surface area contributed by atoms with Crippen molar-refractivity contribution in [3.8, 4) is 0 Å². The molecule has 0 radical (unpaired) electrons. The Balaban J connectivity index is 0.00000169. The first-order valence-corrected chi connectivity index (χ1v) is 8.88. The highest BCUT2D eigenvalue weighted by Crippen LogP contribution is 2.22. The van der Waals surface area contributed by atoms with E-state index in [2.05, 4.69) is 45.7 Å². The minimum absolute atomic E-state index is 0. The molecule has 2 heterocycles. The molecule has 0 aromatic heterocycles. The van der Waals surface area contributed by atoms with Gasteiger partial charge in [0.1, 0.15) is 6.04 Å². The van der Waals surface area contributed by atoms with Gasteiger partial charge in [-0.05, 0) is 25.6 Å². The normalized spacial score (nSPS) is 19.5. The van der Waals surface area contributed by atoms with E-state index in [1.165, 1.54) is 5.57 Å². The molecular formula is C19H30Cl2N4O. The Hall–Kier alpha value is -1.11. The van der Waals surface area contributed by atoms with Crippen LogP contribution in [0.25, 0.3) is 0 Å². The Kier molecular flexibility index (Phi) is 10.2. The number of carbonyl (C=O) groups is 1. The second kappa shape index (κ2) is 11.6. The third-order valence-corrected chi connectivity index (χ3v) is 4.91. The fourth-order valence-electron chi connectivity index (χ4n) is 3.37. The van der Waals surface area contributed by atoms with Crippen LogP contribution in [0.2, 0.25) is 0 Å². The summed E-state index contributed by atoms with van der Waals surface area (Å²) in [6.07, 6.45) is 3.21. The third kappa shape index (κ3) is 6.25. The topological polar surface area (TPSA) is 47.6 Å². The summed E-state index contributed by atoms with van der Waals surface area (Å²) in [5.41, 5.74) is 2.41. The summed E-state index contributed by atoms with van der Waals surface area (Å²) in [4.78, 5) is 17.6. The number of likely N-dealkylation sites (N-methyl/N-ethyl adjacent to an activating group) is 1. The lowest BCUT2D eigenvalue weighted by Gasteiger charge is -2.37. The number of hydrogen-bond donors (Lipinski definition) is 2. The number of halogens is 2. The number of carbonyl (C=O) groups excluding carboxylic acids is 1. The van der Waals surface area contributed by atoms with Crippen LogP contribution in [0.3, 0.4) is 0 Å². The maximum atomic E-state index is 13.0. The fourth-order valence-corrected chi connectivity index (χ4v) is 3.37. The molecule has 2 aliphatic heterocycles. The number of piperazine rings is 1. The molecule has 1 aromatic rings. The predicted molar refractivity (Wildman–Crippen MR) is 111 cm³/mol. The van der Waals surface area contributed by atoms with Gasteiger partial charge in [0.25, 0.3) is 0 Å². The fraction of sp³-hybridized carbons (Fsp3) is 0.526. The molecule has 1 saturated heterocycles. The molecule has 1 atom stereocenters. The van der Waals surface area contributed by atoms with Crippen molar-refractivity contribution < 1.29 is 4.79 Å². The lowest BCUT2D eigenvalue weighted by atomic mass is 10.0. The molecule has 2 N–H and O–H groups in total. The molecule has 1 aromatic carbocycles. The molecular weight excluding hydrogens is 371 g/mol. The summed E-state index contributed by atoms with van der Waals surface area (Å²) >= 11 is 0. The van der Waals surface area contributed by atoms with E-state index in [1.54, 1.807) is 0 Å². The van der Waals surface area contributed by atoms with Crippen LogP contribution in [0.5, 0.6) is 0 Å². The number of rotatable bonds is 5. The molecule has 0 aliphatic carbocycles. The Morgan fingerprint density at radius 3 is 2.46 bits per heavy atom. The van der Waals surface area contributed by atoms with E-state index in [-0.39, 0.29) is 36.8 Å². The van der Waals surface area contributed by atoms with Crippen LogP contribution in [-0.2, 0) is 4.79 Å². The lowest BCUT2D eigenvalue weighted by Crippen LogP contribution is -2.50. The molecule has 5 nitrogen and oxygen atoms in total. The van der Waals surface area contributed by atoms with Crippen molar-refractivity contribution in [2.24, 2.45) is 0 Å². The zero-order valence-corrected chi connectivity index (χ0v) is 17.0. The van der Waals surface area contributed by atoms with Crippen LogP contribution in [0.1, 0.15) is 18.0 Å². The molecule has 26 heavy (non-hydrogen) atoms. The Morgan fingerprint density at radius 2 is 1.85 bits per heavy atom. The second-order valence-electron chi connectivity index (χ2n) is 6.69. The van der Waals surface area contributed by atoms with Gasteiger partial charge in [0.2, 0.25) is 5.91 Å². The van der Waals surface area contributed by atoms with Crippen LogP contribution in [0, 0.1) is 0 Å². The van der Waals surface area contributed by atoms with Crippen LogP contribution in [-0.4, -0.2) is 68.6 Å². The molecule has 3 rings (SSSR count). The van der Waals surface area contributed by atoms with Gasteiger partial charge in [-0.2, -0.15) is 0 Å². The Morgan fingerprint density at radius 1 is 1.15 bits per heavy atom. The summed E-state index contributed by atoms with van der Waals surface area (Å²) in [7, 11) is 2.14. The summed E-state index contributed by atoms with van der Waals surface area (Å²) in [5.74, 6) is 0.116. The molecule has 0 bridgehead atoms. The number of nitrogens with one attached hydrogen (secondary N) is 2. The second-order valence-corrected chi connectivity index (χ2v) is 6.69. The summed E-state index contributed by atoms with van der Waals surface area (Å²) in [6.45, 7) is 6.44. The van der Waals surface area contributed by atoms with Gasteiger partial charge in [-0.25, -0.2) is 0 Å². The molecule has 2 aliphatic rings. The van der Waals surface area contributed by atoms with Crippen molar-refractivity contribution in [2.45, 2.75) is 12.5 Å². The van der Waals surface area contributed by atoms with E-state index in [0.717, 1.165) is 51.3 Å². The maximum Gasteiger partial charge on any atom is 0.242 e. The maximum absolute atomic E-state index is 13.0. The molecule has 0 spiro atoms. The zero-order valence-electron chi connectivity index (χ0n) is 15.3. The minimum Gasteiger partial charge on any atom is -0.351 e. The summed E-state index contributed by atoms with van der Waals surface area (Å²) in [5, 5.41) is 6.47.